The van der Waals surface area contributed by atoms with Crippen molar-refractivity contribution in [2.75, 3.05) is 19.0 Å². The summed E-state index contributed by atoms with van der Waals surface area (Å²) in [4.78, 5) is 22.7. The molecule has 130 valence electrons. The van der Waals surface area contributed by atoms with Crippen LogP contribution in [0, 0.1) is 0 Å². The van der Waals surface area contributed by atoms with Gasteiger partial charge in [0.25, 0.3) is 10.1 Å². The molecule has 0 radical (unpaired) electrons. The molecule has 22 heavy (non-hydrogen) atoms. The first-order chi connectivity index (χ1) is 9.94. The standard InChI is InChI=1S/C9H17NO10S2/c1-2-19-9(12)7(10-22(16,17)18)3-4-8(11)20-5-6-21(13,14)15/h7,10H,2-6H2,1H3,(H,13,14,15)(H,16,17,18)/t7-/m0/s1. The normalized spacial score (nSPS) is 13.4. The van der Waals surface area contributed by atoms with Crippen molar-refractivity contribution in [2.24, 2.45) is 0 Å². The fraction of sp³-hybridized carbons (Fsp3) is 0.778. The summed E-state index contributed by atoms with van der Waals surface area (Å²) < 4.78 is 69.9. The third-order valence-corrected chi connectivity index (χ3v) is 3.37. The quantitative estimate of drug-likeness (QED) is 0.307. The Bertz CT molecular complexity index is 582. The van der Waals surface area contributed by atoms with Crippen LogP contribution in [0.2, 0.25) is 0 Å². The summed E-state index contributed by atoms with van der Waals surface area (Å²) in [6, 6.07) is -1.50. The molecule has 3 N–H and O–H groups in total. The van der Waals surface area contributed by atoms with Crippen molar-refractivity contribution in [3.05, 3.63) is 0 Å². The predicted octanol–water partition coefficient (Wildman–Crippen LogP) is -1.48. The second kappa shape index (κ2) is 8.99. The Hall–Kier alpha value is -1.28. The second-order valence-electron chi connectivity index (χ2n) is 3.94. The zero-order valence-electron chi connectivity index (χ0n) is 11.6. The molecule has 0 heterocycles. The molecular weight excluding hydrogens is 346 g/mol. The van der Waals surface area contributed by atoms with Crippen molar-refractivity contribution in [3.8, 4) is 0 Å². The van der Waals surface area contributed by atoms with E-state index in [0.29, 0.717) is 0 Å². The molecule has 0 rings (SSSR count). The lowest BCUT2D eigenvalue weighted by Crippen LogP contribution is -2.41. The van der Waals surface area contributed by atoms with Crippen LogP contribution in [0.4, 0.5) is 0 Å². The number of hydrogen-bond acceptors (Lipinski definition) is 8. The van der Waals surface area contributed by atoms with Gasteiger partial charge in [0, 0.05) is 6.42 Å². The van der Waals surface area contributed by atoms with Gasteiger partial charge in [-0.2, -0.15) is 21.6 Å². The third-order valence-electron chi connectivity index (χ3n) is 2.10. The summed E-state index contributed by atoms with van der Waals surface area (Å²) in [5.41, 5.74) is 0. The van der Waals surface area contributed by atoms with Gasteiger partial charge in [-0.3, -0.25) is 18.7 Å². The zero-order valence-corrected chi connectivity index (χ0v) is 13.2. The van der Waals surface area contributed by atoms with Crippen LogP contribution < -0.4 is 4.72 Å². The minimum atomic E-state index is -4.69. The first-order valence-electron chi connectivity index (χ1n) is 5.96. The average molecular weight is 363 g/mol. The molecule has 11 nitrogen and oxygen atoms in total. The molecule has 0 aliphatic rings. The molecule has 1 atom stereocenters. The topological polar surface area (TPSA) is 173 Å². The Balaban J connectivity index is 4.43. The highest BCUT2D eigenvalue weighted by Crippen LogP contribution is 2.04. The van der Waals surface area contributed by atoms with Gasteiger partial charge in [0.15, 0.2) is 0 Å². The fourth-order valence-corrected chi connectivity index (χ4v) is 2.11. The summed E-state index contributed by atoms with van der Waals surface area (Å²) in [5.74, 6) is -2.70. The van der Waals surface area contributed by atoms with E-state index in [0.717, 1.165) is 0 Å². The van der Waals surface area contributed by atoms with Crippen LogP contribution in [0.25, 0.3) is 0 Å². The number of hydrogen-bond donors (Lipinski definition) is 3. The van der Waals surface area contributed by atoms with E-state index in [9.17, 15) is 26.4 Å². The number of rotatable bonds is 10. The minimum Gasteiger partial charge on any atom is -0.465 e. The zero-order chi connectivity index (χ0) is 17.4. The first-order valence-corrected chi connectivity index (χ1v) is 9.01. The largest absolute Gasteiger partial charge is 0.465 e. The summed E-state index contributed by atoms with van der Waals surface area (Å²) in [5, 5.41) is 0. The van der Waals surface area contributed by atoms with Crippen LogP contribution in [-0.2, 0) is 39.5 Å². The average Bonchev–Trinajstić information content (AvgIpc) is 2.31. The lowest BCUT2D eigenvalue weighted by atomic mass is 10.2. The maximum absolute atomic E-state index is 11.5. The number of nitrogens with one attached hydrogen (secondary N) is 1. The molecule has 0 saturated heterocycles. The van der Waals surface area contributed by atoms with Gasteiger partial charge in [-0.05, 0) is 13.3 Å². The number of carbonyl (C=O) groups excluding carboxylic acids is 2. The summed E-state index contributed by atoms with van der Waals surface area (Å²) in [7, 11) is -8.96. The predicted molar refractivity (Wildman–Crippen MR) is 71.7 cm³/mol. The summed E-state index contributed by atoms with van der Waals surface area (Å²) in [6.45, 7) is 0.848. The van der Waals surface area contributed by atoms with Crippen LogP contribution in [0.1, 0.15) is 19.8 Å². The van der Waals surface area contributed by atoms with Crippen molar-refractivity contribution in [1.82, 2.24) is 4.72 Å². The fourth-order valence-electron chi connectivity index (χ4n) is 1.24. The van der Waals surface area contributed by atoms with Crippen LogP contribution in [0.15, 0.2) is 0 Å². The molecule has 0 aromatic heterocycles. The lowest BCUT2D eigenvalue weighted by Gasteiger charge is -2.14. The van der Waals surface area contributed by atoms with Crippen LogP contribution in [-0.4, -0.2) is 62.9 Å². The molecule has 13 heteroatoms. The van der Waals surface area contributed by atoms with Crippen molar-refractivity contribution < 1.29 is 45.0 Å². The van der Waals surface area contributed by atoms with Gasteiger partial charge in [-0.15, -0.1) is 0 Å². The number of carbonyl (C=O) groups is 2. The Morgan fingerprint density at radius 2 is 1.73 bits per heavy atom. The first kappa shape index (κ1) is 20.7. The number of ether oxygens (including phenoxy) is 2. The molecule has 0 unspecified atom stereocenters. The van der Waals surface area contributed by atoms with E-state index in [-0.39, 0.29) is 13.0 Å². The van der Waals surface area contributed by atoms with E-state index in [1.165, 1.54) is 6.92 Å². The molecule has 0 amide bonds. The van der Waals surface area contributed by atoms with Gasteiger partial charge in [-0.1, -0.05) is 0 Å². The third kappa shape index (κ3) is 11.4. The molecule has 0 aromatic carbocycles. The highest BCUT2D eigenvalue weighted by Gasteiger charge is 2.25. The molecule has 0 aliphatic carbocycles. The van der Waals surface area contributed by atoms with Gasteiger partial charge < -0.3 is 9.47 Å². The van der Waals surface area contributed by atoms with E-state index >= 15 is 0 Å². The SMILES string of the molecule is CCOC(=O)[C@H](CCC(=O)OCCS(=O)(=O)O)NS(=O)(=O)O. The van der Waals surface area contributed by atoms with Gasteiger partial charge in [0.1, 0.15) is 18.4 Å². The highest BCUT2D eigenvalue weighted by atomic mass is 32.2. The lowest BCUT2D eigenvalue weighted by molar-refractivity contribution is -0.146. The maximum atomic E-state index is 11.5. The molecule has 0 bridgehead atoms. The smallest absolute Gasteiger partial charge is 0.334 e. The molecule has 0 fully saturated rings. The Kier molecular flexibility index (Phi) is 8.47. The summed E-state index contributed by atoms with van der Waals surface area (Å²) in [6.07, 6.45) is -0.819. The monoisotopic (exact) mass is 363 g/mol. The number of esters is 2. The Morgan fingerprint density at radius 3 is 2.18 bits per heavy atom. The summed E-state index contributed by atoms with van der Waals surface area (Å²) >= 11 is 0. The van der Waals surface area contributed by atoms with Gasteiger partial charge in [0.2, 0.25) is 0 Å². The van der Waals surface area contributed by atoms with Gasteiger partial charge >= 0.3 is 22.2 Å². The van der Waals surface area contributed by atoms with Gasteiger partial charge in [0.05, 0.1) is 6.61 Å². The second-order valence-corrected chi connectivity index (χ2v) is 6.70. The van der Waals surface area contributed by atoms with Gasteiger partial charge in [-0.25, -0.2) is 0 Å². The maximum Gasteiger partial charge on any atom is 0.334 e. The Morgan fingerprint density at radius 1 is 1.14 bits per heavy atom. The van der Waals surface area contributed by atoms with Crippen LogP contribution in [0.5, 0.6) is 0 Å². The highest BCUT2D eigenvalue weighted by molar-refractivity contribution is 7.85. The van der Waals surface area contributed by atoms with E-state index in [1.807, 2.05) is 0 Å². The molecular formula is C9H17NO10S2. The van der Waals surface area contributed by atoms with Crippen molar-refractivity contribution >= 4 is 32.4 Å². The van der Waals surface area contributed by atoms with Crippen LogP contribution >= 0.6 is 0 Å². The Labute approximate surface area is 127 Å². The molecule has 0 saturated carbocycles. The van der Waals surface area contributed by atoms with E-state index < -0.39 is 57.2 Å². The minimum absolute atomic E-state index is 0.0404. The van der Waals surface area contributed by atoms with Crippen LogP contribution in [0.3, 0.4) is 0 Å². The van der Waals surface area contributed by atoms with E-state index in [4.69, 9.17) is 9.11 Å². The van der Waals surface area contributed by atoms with E-state index in [2.05, 4.69) is 9.47 Å². The molecule has 0 spiro atoms. The van der Waals surface area contributed by atoms with Crippen molar-refractivity contribution in [3.63, 3.8) is 0 Å². The molecule has 0 aromatic rings. The van der Waals surface area contributed by atoms with E-state index in [1.54, 1.807) is 4.72 Å². The van der Waals surface area contributed by atoms with Crippen molar-refractivity contribution in [2.45, 2.75) is 25.8 Å². The molecule has 0 aliphatic heterocycles. The van der Waals surface area contributed by atoms with Crippen molar-refractivity contribution in [1.29, 1.82) is 0 Å².